The number of ether oxygens (including phenoxy) is 1. The molecular formula is C15H16BrFN2O. The van der Waals surface area contributed by atoms with Crippen molar-refractivity contribution >= 4 is 27.3 Å². The molecule has 0 aliphatic heterocycles. The highest BCUT2D eigenvalue weighted by atomic mass is 79.9. The van der Waals surface area contributed by atoms with Crippen LogP contribution in [0.5, 0.6) is 5.75 Å². The largest absolute Gasteiger partial charge is 0.496 e. The van der Waals surface area contributed by atoms with Gasteiger partial charge in [-0.05, 0) is 45.8 Å². The van der Waals surface area contributed by atoms with Crippen LogP contribution in [0.4, 0.5) is 15.8 Å². The minimum absolute atomic E-state index is 0.319. The molecule has 0 unspecified atom stereocenters. The lowest BCUT2D eigenvalue weighted by Gasteiger charge is -2.22. The Hall–Kier alpha value is -1.75. The number of halogens is 2. The highest BCUT2D eigenvalue weighted by Gasteiger charge is 2.12. The van der Waals surface area contributed by atoms with E-state index in [0.29, 0.717) is 17.9 Å². The van der Waals surface area contributed by atoms with Gasteiger partial charge in [-0.2, -0.15) is 0 Å². The number of hydrogen-bond acceptors (Lipinski definition) is 3. The fraction of sp³-hybridized carbons (Fsp3) is 0.200. The normalized spacial score (nSPS) is 10.4. The predicted octanol–water partition coefficient (Wildman–Crippen LogP) is 3.82. The Morgan fingerprint density at radius 1 is 1.30 bits per heavy atom. The van der Waals surface area contributed by atoms with Gasteiger partial charge in [0.15, 0.2) is 0 Å². The van der Waals surface area contributed by atoms with Gasteiger partial charge in [0.05, 0.1) is 23.0 Å². The van der Waals surface area contributed by atoms with E-state index in [0.717, 1.165) is 15.8 Å². The quantitative estimate of drug-likeness (QED) is 0.861. The Morgan fingerprint density at radius 3 is 2.65 bits per heavy atom. The first-order valence-electron chi connectivity index (χ1n) is 6.10. The number of nitrogens with two attached hydrogens (primary N) is 1. The third-order valence-corrected chi connectivity index (χ3v) is 3.66. The van der Waals surface area contributed by atoms with Gasteiger partial charge in [-0.15, -0.1) is 0 Å². The van der Waals surface area contributed by atoms with Crippen LogP contribution in [0.15, 0.2) is 40.9 Å². The van der Waals surface area contributed by atoms with E-state index in [-0.39, 0.29) is 5.82 Å². The topological polar surface area (TPSA) is 38.5 Å². The van der Waals surface area contributed by atoms with Crippen LogP contribution in [-0.2, 0) is 6.54 Å². The van der Waals surface area contributed by atoms with Crippen LogP contribution in [-0.4, -0.2) is 14.2 Å². The Balaban J connectivity index is 2.23. The summed E-state index contributed by atoms with van der Waals surface area (Å²) in [6.07, 6.45) is 0. The van der Waals surface area contributed by atoms with Crippen molar-refractivity contribution in [1.29, 1.82) is 0 Å². The molecule has 3 nitrogen and oxygen atoms in total. The number of nitrogen functional groups attached to an aromatic ring is 1. The van der Waals surface area contributed by atoms with E-state index < -0.39 is 0 Å². The first-order chi connectivity index (χ1) is 9.52. The second kappa shape index (κ2) is 6.13. The average molecular weight is 339 g/mol. The molecule has 5 heteroatoms. The molecule has 2 rings (SSSR count). The highest BCUT2D eigenvalue weighted by Crippen LogP contribution is 2.29. The molecule has 0 radical (unpaired) electrons. The molecule has 0 aromatic heterocycles. The van der Waals surface area contributed by atoms with Crippen molar-refractivity contribution in [2.24, 2.45) is 0 Å². The van der Waals surface area contributed by atoms with E-state index in [1.807, 2.05) is 25.2 Å². The minimum Gasteiger partial charge on any atom is -0.496 e. The molecule has 0 saturated carbocycles. The lowest BCUT2D eigenvalue weighted by Crippen LogP contribution is -2.19. The number of methoxy groups -OCH3 is 1. The Bertz CT molecular complexity index is 599. The smallest absolute Gasteiger partial charge is 0.148 e. The van der Waals surface area contributed by atoms with Gasteiger partial charge in [-0.25, -0.2) is 4.39 Å². The number of hydrogen-bond donors (Lipinski definition) is 1. The van der Waals surface area contributed by atoms with Crippen molar-refractivity contribution in [3.05, 3.63) is 52.3 Å². The summed E-state index contributed by atoms with van der Waals surface area (Å²) in [5.74, 6) is 0.446. The summed E-state index contributed by atoms with van der Waals surface area (Å²) in [6.45, 7) is 0.549. The predicted molar refractivity (Wildman–Crippen MR) is 83.6 cm³/mol. The maximum atomic E-state index is 13.9. The van der Waals surface area contributed by atoms with Crippen LogP contribution < -0.4 is 15.4 Å². The maximum Gasteiger partial charge on any atom is 0.148 e. The maximum absolute atomic E-state index is 13.9. The second-order valence-corrected chi connectivity index (χ2v) is 5.36. The number of benzene rings is 2. The first kappa shape index (κ1) is 14.7. The summed E-state index contributed by atoms with van der Waals surface area (Å²) in [4.78, 5) is 1.79. The van der Waals surface area contributed by atoms with E-state index in [4.69, 9.17) is 10.5 Å². The van der Waals surface area contributed by atoms with Gasteiger partial charge < -0.3 is 15.4 Å². The summed E-state index contributed by atoms with van der Waals surface area (Å²) in [5.41, 5.74) is 7.72. The molecule has 2 aromatic carbocycles. The van der Waals surface area contributed by atoms with Crippen molar-refractivity contribution in [3.63, 3.8) is 0 Å². The number of rotatable bonds is 4. The molecular weight excluding hydrogens is 323 g/mol. The van der Waals surface area contributed by atoms with Gasteiger partial charge in [0, 0.05) is 13.6 Å². The van der Waals surface area contributed by atoms with Gasteiger partial charge in [0.1, 0.15) is 11.6 Å². The van der Waals surface area contributed by atoms with Gasteiger partial charge in [0.2, 0.25) is 0 Å². The summed E-state index contributed by atoms with van der Waals surface area (Å²) in [6, 6.07) is 10.5. The van der Waals surface area contributed by atoms with E-state index in [1.54, 1.807) is 24.1 Å². The monoisotopic (exact) mass is 338 g/mol. The summed E-state index contributed by atoms with van der Waals surface area (Å²) >= 11 is 3.44. The Morgan fingerprint density at radius 2 is 2.05 bits per heavy atom. The Labute approximate surface area is 126 Å². The molecule has 0 heterocycles. The van der Waals surface area contributed by atoms with Crippen molar-refractivity contribution in [3.8, 4) is 5.75 Å². The third kappa shape index (κ3) is 3.04. The fourth-order valence-electron chi connectivity index (χ4n) is 2.10. The molecule has 0 spiro atoms. The summed E-state index contributed by atoms with van der Waals surface area (Å²) in [5, 5.41) is 0. The minimum atomic E-state index is -0.319. The van der Waals surface area contributed by atoms with Crippen molar-refractivity contribution in [1.82, 2.24) is 0 Å². The van der Waals surface area contributed by atoms with Crippen LogP contribution in [0, 0.1) is 5.82 Å². The Kier molecular flexibility index (Phi) is 4.49. The van der Waals surface area contributed by atoms with Crippen LogP contribution in [0.1, 0.15) is 5.56 Å². The van der Waals surface area contributed by atoms with Gasteiger partial charge in [-0.3, -0.25) is 0 Å². The molecule has 0 fully saturated rings. The average Bonchev–Trinajstić information content (AvgIpc) is 2.38. The van der Waals surface area contributed by atoms with Crippen molar-refractivity contribution in [2.45, 2.75) is 6.54 Å². The van der Waals surface area contributed by atoms with E-state index >= 15 is 0 Å². The molecule has 0 amide bonds. The molecule has 0 aliphatic rings. The second-order valence-electron chi connectivity index (χ2n) is 4.50. The summed E-state index contributed by atoms with van der Waals surface area (Å²) in [7, 11) is 3.43. The zero-order chi connectivity index (χ0) is 14.7. The summed E-state index contributed by atoms with van der Waals surface area (Å²) < 4.78 is 19.9. The van der Waals surface area contributed by atoms with E-state index in [9.17, 15) is 4.39 Å². The third-order valence-electron chi connectivity index (χ3n) is 3.04. The fourth-order valence-corrected chi connectivity index (χ4v) is 2.68. The molecule has 2 aromatic rings. The molecule has 0 bridgehead atoms. The number of para-hydroxylation sites is 1. The molecule has 0 aliphatic carbocycles. The van der Waals surface area contributed by atoms with E-state index in [2.05, 4.69) is 15.9 Å². The van der Waals surface area contributed by atoms with Crippen molar-refractivity contribution < 1.29 is 9.13 Å². The number of anilines is 2. The van der Waals surface area contributed by atoms with Crippen LogP contribution in [0.2, 0.25) is 0 Å². The lowest BCUT2D eigenvalue weighted by atomic mass is 10.2. The van der Waals surface area contributed by atoms with Crippen LogP contribution in [0.3, 0.4) is 0 Å². The standard InChI is InChI=1S/C15H16BrFN2O/c1-19(15-12(17)4-3-5-13(15)18)9-10-6-7-14(20-2)11(16)8-10/h3-8H,9,18H2,1-2H3. The molecule has 0 saturated heterocycles. The highest BCUT2D eigenvalue weighted by molar-refractivity contribution is 9.10. The first-order valence-corrected chi connectivity index (χ1v) is 6.89. The van der Waals surface area contributed by atoms with Gasteiger partial charge >= 0.3 is 0 Å². The van der Waals surface area contributed by atoms with E-state index in [1.165, 1.54) is 6.07 Å². The van der Waals surface area contributed by atoms with Crippen LogP contribution in [0.25, 0.3) is 0 Å². The zero-order valence-electron chi connectivity index (χ0n) is 11.4. The molecule has 0 atom stereocenters. The van der Waals surface area contributed by atoms with Gasteiger partial charge in [-0.1, -0.05) is 12.1 Å². The van der Waals surface area contributed by atoms with Crippen molar-refractivity contribution in [2.75, 3.05) is 24.8 Å². The molecule has 20 heavy (non-hydrogen) atoms. The molecule has 106 valence electrons. The van der Waals surface area contributed by atoms with Crippen LogP contribution >= 0.6 is 15.9 Å². The molecule has 2 N–H and O–H groups in total. The number of nitrogens with zero attached hydrogens (tertiary/aromatic N) is 1. The lowest BCUT2D eigenvalue weighted by molar-refractivity contribution is 0.412. The SMILES string of the molecule is COc1ccc(CN(C)c2c(N)cccc2F)cc1Br. The zero-order valence-corrected chi connectivity index (χ0v) is 12.9. The van der Waals surface area contributed by atoms with Gasteiger partial charge in [0.25, 0.3) is 0 Å².